The molecule has 26 heavy (non-hydrogen) atoms. The topological polar surface area (TPSA) is 35.6 Å². The van der Waals surface area contributed by atoms with Crippen LogP contribution in [0.15, 0.2) is 42.5 Å². The molecule has 1 N–H and O–H groups in total. The molecule has 138 valence electrons. The molecule has 0 bridgehead atoms. The Balaban J connectivity index is 1.44. The monoisotopic (exact) mass is 395 g/mol. The second-order valence-electron chi connectivity index (χ2n) is 6.15. The molecular weight excluding hydrogens is 376 g/mol. The minimum atomic E-state index is -0.453. The van der Waals surface area contributed by atoms with Crippen molar-refractivity contribution in [3.05, 3.63) is 58.3 Å². The van der Waals surface area contributed by atoms with Gasteiger partial charge in [0.05, 0.1) is 5.02 Å². The van der Waals surface area contributed by atoms with E-state index in [1.807, 2.05) is 29.2 Å². The van der Waals surface area contributed by atoms with Crippen LogP contribution >= 0.6 is 23.2 Å². The van der Waals surface area contributed by atoms with Gasteiger partial charge in [-0.05, 0) is 36.4 Å². The van der Waals surface area contributed by atoms with E-state index >= 15 is 0 Å². The number of rotatable bonds is 5. The highest BCUT2D eigenvalue weighted by Crippen LogP contribution is 2.21. The first kappa shape index (κ1) is 18.8. The van der Waals surface area contributed by atoms with Gasteiger partial charge in [0.2, 0.25) is 5.91 Å². The van der Waals surface area contributed by atoms with Gasteiger partial charge in [0.15, 0.2) is 0 Å². The molecule has 1 amide bonds. The molecule has 1 saturated heterocycles. The summed E-state index contributed by atoms with van der Waals surface area (Å²) in [7, 11) is 0. The summed E-state index contributed by atoms with van der Waals surface area (Å²) in [4.78, 5) is 16.5. The molecule has 2 aromatic carbocycles. The molecule has 0 aliphatic carbocycles. The number of piperazine rings is 1. The van der Waals surface area contributed by atoms with Crippen LogP contribution in [0.3, 0.4) is 0 Å². The van der Waals surface area contributed by atoms with Crippen LogP contribution in [0.5, 0.6) is 0 Å². The molecule has 1 aliphatic heterocycles. The highest BCUT2D eigenvalue weighted by atomic mass is 35.5. The van der Waals surface area contributed by atoms with Crippen molar-refractivity contribution < 1.29 is 9.18 Å². The van der Waals surface area contributed by atoms with Crippen molar-refractivity contribution in [1.29, 1.82) is 0 Å². The van der Waals surface area contributed by atoms with Gasteiger partial charge in [-0.15, -0.1) is 0 Å². The van der Waals surface area contributed by atoms with Crippen LogP contribution in [0.1, 0.15) is 6.42 Å². The SMILES string of the molecule is O=C(CCNc1ccc(F)c(Cl)c1)N1CCN(c2cccc(Cl)c2)CC1. The molecule has 2 aromatic rings. The fourth-order valence-electron chi connectivity index (χ4n) is 2.96. The van der Waals surface area contributed by atoms with Gasteiger partial charge >= 0.3 is 0 Å². The minimum absolute atomic E-state index is 0.0680. The van der Waals surface area contributed by atoms with Gasteiger partial charge in [0, 0.05) is 55.5 Å². The molecule has 1 heterocycles. The quantitative estimate of drug-likeness (QED) is 0.820. The first-order valence-electron chi connectivity index (χ1n) is 8.50. The van der Waals surface area contributed by atoms with E-state index in [2.05, 4.69) is 10.2 Å². The summed E-state index contributed by atoms with van der Waals surface area (Å²) < 4.78 is 13.1. The number of anilines is 2. The number of nitrogens with zero attached hydrogens (tertiary/aromatic N) is 2. The lowest BCUT2D eigenvalue weighted by atomic mass is 10.2. The van der Waals surface area contributed by atoms with Crippen LogP contribution in [-0.2, 0) is 4.79 Å². The summed E-state index contributed by atoms with van der Waals surface area (Å²) in [5.74, 6) is -0.345. The molecule has 0 unspecified atom stereocenters. The van der Waals surface area contributed by atoms with Gasteiger partial charge in [0.25, 0.3) is 0 Å². The number of halogens is 3. The fourth-order valence-corrected chi connectivity index (χ4v) is 3.33. The smallest absolute Gasteiger partial charge is 0.224 e. The Bertz CT molecular complexity index is 779. The molecule has 0 radical (unpaired) electrons. The van der Waals surface area contributed by atoms with Crippen molar-refractivity contribution in [2.24, 2.45) is 0 Å². The first-order chi connectivity index (χ1) is 12.5. The zero-order chi connectivity index (χ0) is 18.5. The number of hydrogen-bond donors (Lipinski definition) is 1. The Labute approximate surface area is 162 Å². The van der Waals surface area contributed by atoms with Gasteiger partial charge in [-0.3, -0.25) is 4.79 Å². The van der Waals surface area contributed by atoms with Crippen LogP contribution in [0.4, 0.5) is 15.8 Å². The third-order valence-electron chi connectivity index (χ3n) is 4.39. The maximum Gasteiger partial charge on any atom is 0.224 e. The summed E-state index contributed by atoms with van der Waals surface area (Å²) in [5.41, 5.74) is 1.79. The lowest BCUT2D eigenvalue weighted by Crippen LogP contribution is -2.49. The van der Waals surface area contributed by atoms with Gasteiger partial charge in [0.1, 0.15) is 5.82 Å². The molecule has 1 aliphatic rings. The van der Waals surface area contributed by atoms with E-state index in [4.69, 9.17) is 23.2 Å². The van der Waals surface area contributed by atoms with E-state index in [-0.39, 0.29) is 10.9 Å². The standard InChI is InChI=1S/C19H20Cl2FN3O/c20-14-2-1-3-16(12-14)24-8-10-25(11-9-24)19(26)6-7-23-15-4-5-18(22)17(21)13-15/h1-5,12-13,23H,6-11H2. The Hall–Kier alpha value is -1.98. The van der Waals surface area contributed by atoms with Crippen LogP contribution in [-0.4, -0.2) is 43.5 Å². The number of hydrogen-bond acceptors (Lipinski definition) is 3. The highest BCUT2D eigenvalue weighted by Gasteiger charge is 2.21. The molecule has 0 spiro atoms. The third-order valence-corrected chi connectivity index (χ3v) is 4.92. The van der Waals surface area contributed by atoms with Crippen molar-refractivity contribution >= 4 is 40.5 Å². The van der Waals surface area contributed by atoms with Crippen LogP contribution < -0.4 is 10.2 Å². The number of benzene rings is 2. The minimum Gasteiger partial charge on any atom is -0.384 e. The molecule has 0 saturated carbocycles. The number of amides is 1. The van der Waals surface area contributed by atoms with E-state index in [1.165, 1.54) is 12.1 Å². The molecular formula is C19H20Cl2FN3O. The maximum atomic E-state index is 13.1. The summed E-state index contributed by atoms with van der Waals surface area (Å²) in [6.45, 7) is 3.43. The normalized spacial score (nSPS) is 14.4. The van der Waals surface area contributed by atoms with Crippen LogP contribution in [0.2, 0.25) is 10.0 Å². The Morgan fingerprint density at radius 1 is 1.08 bits per heavy atom. The van der Waals surface area contributed by atoms with Crippen molar-refractivity contribution in [3.63, 3.8) is 0 Å². The van der Waals surface area contributed by atoms with Crippen LogP contribution in [0, 0.1) is 5.82 Å². The first-order valence-corrected chi connectivity index (χ1v) is 9.26. The predicted molar refractivity (Wildman–Crippen MR) is 105 cm³/mol. The van der Waals surface area contributed by atoms with Crippen molar-refractivity contribution in [2.45, 2.75) is 6.42 Å². The Morgan fingerprint density at radius 2 is 1.85 bits per heavy atom. The van der Waals surface area contributed by atoms with Gasteiger partial charge in [-0.25, -0.2) is 4.39 Å². The van der Waals surface area contributed by atoms with E-state index < -0.39 is 5.82 Å². The van der Waals surface area contributed by atoms with Gasteiger partial charge < -0.3 is 15.1 Å². The Morgan fingerprint density at radius 3 is 2.54 bits per heavy atom. The average molecular weight is 396 g/mol. The molecule has 0 aromatic heterocycles. The average Bonchev–Trinajstić information content (AvgIpc) is 2.65. The number of carbonyl (C=O) groups is 1. The predicted octanol–water partition coefficient (Wildman–Crippen LogP) is 4.28. The zero-order valence-electron chi connectivity index (χ0n) is 14.2. The van der Waals surface area contributed by atoms with E-state index in [1.54, 1.807) is 6.07 Å². The highest BCUT2D eigenvalue weighted by molar-refractivity contribution is 6.31. The van der Waals surface area contributed by atoms with Crippen molar-refractivity contribution in [3.8, 4) is 0 Å². The molecule has 3 rings (SSSR count). The summed E-state index contributed by atoms with van der Waals surface area (Å²) in [6.07, 6.45) is 0.381. The molecule has 0 atom stereocenters. The van der Waals surface area contributed by atoms with Crippen LogP contribution in [0.25, 0.3) is 0 Å². The lowest BCUT2D eigenvalue weighted by Gasteiger charge is -2.36. The fraction of sp³-hybridized carbons (Fsp3) is 0.316. The van der Waals surface area contributed by atoms with E-state index in [0.717, 1.165) is 18.8 Å². The summed E-state index contributed by atoms with van der Waals surface area (Å²) >= 11 is 11.8. The Kier molecular flexibility index (Phi) is 6.22. The largest absolute Gasteiger partial charge is 0.384 e. The second kappa shape index (κ2) is 8.60. The third kappa shape index (κ3) is 4.80. The lowest BCUT2D eigenvalue weighted by molar-refractivity contribution is -0.131. The van der Waals surface area contributed by atoms with Crippen molar-refractivity contribution in [2.75, 3.05) is 42.9 Å². The molecule has 1 fully saturated rings. The van der Waals surface area contributed by atoms with Gasteiger partial charge in [-0.1, -0.05) is 29.3 Å². The van der Waals surface area contributed by atoms with Gasteiger partial charge in [-0.2, -0.15) is 0 Å². The maximum absolute atomic E-state index is 13.1. The van der Waals surface area contributed by atoms with E-state index in [0.29, 0.717) is 36.8 Å². The van der Waals surface area contributed by atoms with Crippen molar-refractivity contribution in [1.82, 2.24) is 4.90 Å². The number of nitrogens with one attached hydrogen (secondary N) is 1. The zero-order valence-corrected chi connectivity index (χ0v) is 15.7. The summed E-state index contributed by atoms with van der Waals surface area (Å²) in [6, 6.07) is 12.2. The molecule has 4 nitrogen and oxygen atoms in total. The van der Waals surface area contributed by atoms with E-state index in [9.17, 15) is 9.18 Å². The molecule has 7 heteroatoms. The summed E-state index contributed by atoms with van der Waals surface area (Å²) in [5, 5.41) is 3.88. The second-order valence-corrected chi connectivity index (χ2v) is 7.00. The number of carbonyl (C=O) groups excluding carboxylic acids is 1.